The largest absolute Gasteiger partial charge is 0.359 e. The molecule has 0 radical (unpaired) electrons. The van der Waals surface area contributed by atoms with Gasteiger partial charge in [-0.1, -0.05) is 30.1 Å². The molecule has 2 heterocycles. The minimum atomic E-state index is 0.0520. The Morgan fingerprint density at radius 2 is 2.24 bits per heavy atom. The molecule has 0 amide bonds. The summed E-state index contributed by atoms with van der Waals surface area (Å²) < 4.78 is 0. The van der Waals surface area contributed by atoms with E-state index in [9.17, 15) is 0 Å². The summed E-state index contributed by atoms with van der Waals surface area (Å²) in [7, 11) is 0. The minimum Gasteiger partial charge on any atom is -0.359 e. The van der Waals surface area contributed by atoms with Gasteiger partial charge in [-0.15, -0.1) is 0 Å². The van der Waals surface area contributed by atoms with E-state index >= 15 is 0 Å². The van der Waals surface area contributed by atoms with Crippen molar-refractivity contribution in [2.75, 3.05) is 5.32 Å². The molecule has 2 aromatic rings. The van der Waals surface area contributed by atoms with Crippen LogP contribution >= 0.6 is 23.2 Å². The first-order valence-corrected chi connectivity index (χ1v) is 6.03. The van der Waals surface area contributed by atoms with E-state index in [2.05, 4.69) is 27.2 Å². The van der Waals surface area contributed by atoms with Gasteiger partial charge in [-0.3, -0.25) is 0 Å². The van der Waals surface area contributed by atoms with Crippen LogP contribution in [-0.4, -0.2) is 15.0 Å². The van der Waals surface area contributed by atoms with E-state index in [1.165, 1.54) is 0 Å². The van der Waals surface area contributed by atoms with E-state index in [4.69, 9.17) is 23.2 Å². The Bertz CT molecular complexity index is 484. The Labute approximate surface area is 109 Å². The van der Waals surface area contributed by atoms with Gasteiger partial charge in [0.15, 0.2) is 0 Å². The summed E-state index contributed by atoms with van der Waals surface area (Å²) in [6.07, 6.45) is 5.94. The third-order valence-corrected chi connectivity index (χ3v) is 2.87. The molecular weight excluding hydrogens is 259 g/mol. The van der Waals surface area contributed by atoms with E-state index in [1.54, 1.807) is 24.7 Å². The lowest BCUT2D eigenvalue weighted by molar-refractivity contribution is 0.700. The number of H-pyrrole nitrogens is 1. The zero-order chi connectivity index (χ0) is 12.3. The maximum atomic E-state index is 6.05. The molecule has 6 heteroatoms. The van der Waals surface area contributed by atoms with Gasteiger partial charge in [0.2, 0.25) is 0 Å². The van der Waals surface area contributed by atoms with Crippen LogP contribution in [0.5, 0.6) is 0 Å². The van der Waals surface area contributed by atoms with Crippen molar-refractivity contribution >= 4 is 29.0 Å². The molecule has 17 heavy (non-hydrogen) atoms. The predicted molar refractivity (Wildman–Crippen MR) is 69.5 cm³/mol. The highest BCUT2D eigenvalue weighted by molar-refractivity contribution is 6.35. The smallest absolute Gasteiger partial charge is 0.145 e. The van der Waals surface area contributed by atoms with Crippen LogP contribution in [0, 0.1) is 0 Å². The van der Waals surface area contributed by atoms with E-state index in [1.807, 2.05) is 0 Å². The van der Waals surface area contributed by atoms with Gasteiger partial charge in [-0.2, -0.15) is 0 Å². The standard InChI is InChI=1S/C11H12Cl2N4/c1-2-9(11-14-3-4-15-11)17-10-8(13)5-7(12)6-16-10/h3-6,9H,2H2,1H3,(H,14,15)(H,16,17). The van der Waals surface area contributed by atoms with Gasteiger partial charge in [0.1, 0.15) is 11.6 Å². The average Bonchev–Trinajstić information content (AvgIpc) is 2.81. The first kappa shape index (κ1) is 12.2. The second-order valence-corrected chi connectivity index (χ2v) is 4.41. The van der Waals surface area contributed by atoms with Crippen molar-refractivity contribution < 1.29 is 0 Å². The molecule has 0 aliphatic heterocycles. The molecule has 2 N–H and O–H groups in total. The molecule has 1 atom stereocenters. The van der Waals surface area contributed by atoms with Crippen LogP contribution in [0.25, 0.3) is 0 Å². The van der Waals surface area contributed by atoms with Crippen molar-refractivity contribution in [3.8, 4) is 0 Å². The first-order valence-electron chi connectivity index (χ1n) is 5.27. The lowest BCUT2D eigenvalue weighted by Gasteiger charge is -2.16. The van der Waals surface area contributed by atoms with Crippen molar-refractivity contribution in [1.29, 1.82) is 0 Å². The Hall–Kier alpha value is -1.26. The number of anilines is 1. The molecule has 0 spiro atoms. The van der Waals surface area contributed by atoms with E-state index in [0.717, 1.165) is 12.2 Å². The first-order chi connectivity index (χ1) is 8.20. The highest BCUT2D eigenvalue weighted by Gasteiger charge is 2.13. The zero-order valence-corrected chi connectivity index (χ0v) is 10.8. The Morgan fingerprint density at radius 3 is 2.82 bits per heavy atom. The molecule has 0 bridgehead atoms. The summed E-state index contributed by atoms with van der Waals surface area (Å²) in [6.45, 7) is 2.06. The maximum Gasteiger partial charge on any atom is 0.145 e. The number of rotatable bonds is 4. The van der Waals surface area contributed by atoms with Gasteiger partial charge >= 0.3 is 0 Å². The topological polar surface area (TPSA) is 53.6 Å². The normalized spacial score (nSPS) is 12.4. The minimum absolute atomic E-state index is 0.0520. The van der Waals surface area contributed by atoms with Crippen LogP contribution < -0.4 is 5.32 Å². The fourth-order valence-corrected chi connectivity index (χ4v) is 1.95. The quantitative estimate of drug-likeness (QED) is 0.891. The molecule has 0 saturated heterocycles. The van der Waals surface area contributed by atoms with Gasteiger partial charge in [-0.05, 0) is 12.5 Å². The Balaban J connectivity index is 2.19. The van der Waals surface area contributed by atoms with Crippen molar-refractivity contribution in [2.24, 2.45) is 0 Å². The number of aromatic amines is 1. The maximum absolute atomic E-state index is 6.05. The van der Waals surface area contributed by atoms with Crippen LogP contribution in [0.3, 0.4) is 0 Å². The zero-order valence-electron chi connectivity index (χ0n) is 9.24. The number of halogens is 2. The number of aromatic nitrogens is 3. The highest BCUT2D eigenvalue weighted by Crippen LogP contribution is 2.26. The van der Waals surface area contributed by atoms with Gasteiger partial charge in [-0.25, -0.2) is 9.97 Å². The van der Waals surface area contributed by atoms with Gasteiger partial charge in [0.05, 0.1) is 16.1 Å². The third kappa shape index (κ3) is 2.90. The fraction of sp³-hybridized carbons (Fsp3) is 0.273. The average molecular weight is 271 g/mol. The summed E-state index contributed by atoms with van der Waals surface area (Å²) in [5.74, 6) is 1.47. The van der Waals surface area contributed by atoms with Crippen molar-refractivity contribution in [3.63, 3.8) is 0 Å². The Morgan fingerprint density at radius 1 is 1.41 bits per heavy atom. The number of imidazole rings is 1. The molecule has 0 saturated carbocycles. The molecule has 0 fully saturated rings. The molecule has 1 unspecified atom stereocenters. The van der Waals surface area contributed by atoms with Crippen LogP contribution in [0.1, 0.15) is 25.2 Å². The van der Waals surface area contributed by atoms with Gasteiger partial charge in [0.25, 0.3) is 0 Å². The molecule has 90 valence electrons. The lowest BCUT2D eigenvalue weighted by atomic mass is 10.2. The summed E-state index contributed by atoms with van der Waals surface area (Å²) >= 11 is 11.8. The summed E-state index contributed by atoms with van der Waals surface area (Å²) in [6, 6.07) is 1.71. The summed E-state index contributed by atoms with van der Waals surface area (Å²) in [4.78, 5) is 11.4. The van der Waals surface area contributed by atoms with Crippen LogP contribution in [0.4, 0.5) is 5.82 Å². The summed E-state index contributed by atoms with van der Waals surface area (Å²) in [5.41, 5.74) is 0. The molecule has 0 aliphatic rings. The van der Waals surface area contributed by atoms with Crippen LogP contribution in [0.15, 0.2) is 24.7 Å². The number of pyridine rings is 1. The predicted octanol–water partition coefficient (Wildman–Crippen LogP) is 3.67. The second-order valence-electron chi connectivity index (χ2n) is 3.56. The highest BCUT2D eigenvalue weighted by atomic mass is 35.5. The number of hydrogen-bond donors (Lipinski definition) is 2. The summed E-state index contributed by atoms with van der Waals surface area (Å²) in [5, 5.41) is 4.25. The van der Waals surface area contributed by atoms with Crippen LogP contribution in [0.2, 0.25) is 10.0 Å². The van der Waals surface area contributed by atoms with Gasteiger partial charge in [0, 0.05) is 18.6 Å². The van der Waals surface area contributed by atoms with E-state index < -0.39 is 0 Å². The van der Waals surface area contributed by atoms with Crippen LogP contribution in [-0.2, 0) is 0 Å². The number of nitrogens with one attached hydrogen (secondary N) is 2. The monoisotopic (exact) mass is 270 g/mol. The molecular formula is C11H12Cl2N4. The van der Waals surface area contributed by atoms with Crippen molar-refractivity contribution in [2.45, 2.75) is 19.4 Å². The van der Waals surface area contributed by atoms with Gasteiger partial charge < -0.3 is 10.3 Å². The fourth-order valence-electron chi connectivity index (χ4n) is 1.52. The number of nitrogens with zero attached hydrogens (tertiary/aromatic N) is 2. The molecule has 0 aliphatic carbocycles. The van der Waals surface area contributed by atoms with Crippen molar-refractivity contribution in [3.05, 3.63) is 40.5 Å². The SMILES string of the molecule is CCC(Nc1ncc(Cl)cc1Cl)c1ncc[nH]1. The molecule has 2 aromatic heterocycles. The second kappa shape index (κ2) is 5.38. The molecule has 4 nitrogen and oxygen atoms in total. The third-order valence-electron chi connectivity index (χ3n) is 2.38. The number of hydrogen-bond acceptors (Lipinski definition) is 3. The van der Waals surface area contributed by atoms with E-state index in [0.29, 0.717) is 15.9 Å². The lowest BCUT2D eigenvalue weighted by Crippen LogP contribution is -2.12. The van der Waals surface area contributed by atoms with Crippen molar-refractivity contribution in [1.82, 2.24) is 15.0 Å². The Kier molecular flexibility index (Phi) is 3.86. The molecule has 0 aromatic carbocycles. The van der Waals surface area contributed by atoms with E-state index in [-0.39, 0.29) is 6.04 Å². The molecule has 2 rings (SSSR count).